The first-order valence-electron chi connectivity index (χ1n) is 5.38. The summed E-state index contributed by atoms with van der Waals surface area (Å²) in [6, 6.07) is 2.14. The highest BCUT2D eigenvalue weighted by molar-refractivity contribution is 7.18. The van der Waals surface area contributed by atoms with Crippen molar-refractivity contribution in [1.29, 1.82) is 0 Å². The maximum atomic E-state index is 4.64. The fourth-order valence-electron chi connectivity index (χ4n) is 1.57. The highest BCUT2D eigenvalue weighted by Gasteiger charge is 2.20. The number of rotatable bonds is 1. The van der Waals surface area contributed by atoms with E-state index < -0.39 is 0 Å². The Kier molecular flexibility index (Phi) is 2.62. The molecule has 0 amide bonds. The summed E-state index contributed by atoms with van der Waals surface area (Å²) in [7, 11) is 1.90. The smallest absolute Gasteiger partial charge is 0.138 e. The van der Waals surface area contributed by atoms with Crippen LogP contribution >= 0.6 is 11.3 Å². The summed E-state index contributed by atoms with van der Waals surface area (Å²) in [4.78, 5) is 11.6. The van der Waals surface area contributed by atoms with Gasteiger partial charge in [0.25, 0.3) is 0 Å². The van der Waals surface area contributed by atoms with Crippen molar-refractivity contribution in [3.05, 3.63) is 16.8 Å². The Labute approximate surface area is 99.9 Å². The van der Waals surface area contributed by atoms with Crippen molar-refractivity contribution in [3.63, 3.8) is 0 Å². The summed E-state index contributed by atoms with van der Waals surface area (Å²) >= 11 is 1.72. The summed E-state index contributed by atoms with van der Waals surface area (Å²) in [6.07, 6.45) is 0. The second kappa shape index (κ2) is 3.70. The maximum Gasteiger partial charge on any atom is 0.138 e. The first-order chi connectivity index (χ1) is 7.41. The zero-order valence-electron chi connectivity index (χ0n) is 10.4. The number of thiophene rings is 1. The van der Waals surface area contributed by atoms with Crippen molar-refractivity contribution in [1.82, 2.24) is 9.97 Å². The summed E-state index contributed by atoms with van der Waals surface area (Å²) in [5, 5.41) is 4.27. The lowest BCUT2D eigenvalue weighted by molar-refractivity contribution is 0.549. The van der Waals surface area contributed by atoms with Crippen LogP contribution in [0.25, 0.3) is 10.2 Å². The number of fused-ring (bicyclic) bond motifs is 1. The molecule has 0 atom stereocenters. The van der Waals surface area contributed by atoms with Crippen molar-refractivity contribution in [3.8, 4) is 0 Å². The van der Waals surface area contributed by atoms with E-state index in [9.17, 15) is 0 Å². The number of hydrogen-bond acceptors (Lipinski definition) is 4. The second-order valence-corrected chi connectivity index (χ2v) is 6.21. The van der Waals surface area contributed by atoms with Crippen molar-refractivity contribution >= 4 is 27.4 Å². The Morgan fingerprint density at radius 2 is 1.94 bits per heavy atom. The van der Waals surface area contributed by atoms with Crippen LogP contribution in [0.2, 0.25) is 0 Å². The molecule has 2 aromatic heterocycles. The van der Waals surface area contributed by atoms with Crippen molar-refractivity contribution < 1.29 is 0 Å². The number of aryl methyl sites for hydroxylation is 1. The predicted molar refractivity (Wildman–Crippen MR) is 70.4 cm³/mol. The second-order valence-electron chi connectivity index (χ2n) is 4.97. The van der Waals surface area contributed by atoms with E-state index >= 15 is 0 Å². The standard InChI is InChI=1S/C12H17N3S/c1-7-6-8-9(13-5)14-11(12(2,3)4)15-10(8)16-7/h6H,1-5H3,(H,13,14,15). The van der Waals surface area contributed by atoms with Gasteiger partial charge in [0.1, 0.15) is 16.5 Å². The quantitative estimate of drug-likeness (QED) is 0.823. The molecule has 2 rings (SSSR count). The molecule has 3 nitrogen and oxygen atoms in total. The van der Waals surface area contributed by atoms with Crippen LogP contribution in [0.5, 0.6) is 0 Å². The summed E-state index contributed by atoms with van der Waals surface area (Å²) in [6.45, 7) is 8.50. The van der Waals surface area contributed by atoms with Crippen LogP contribution in [-0.4, -0.2) is 17.0 Å². The molecular weight excluding hydrogens is 218 g/mol. The van der Waals surface area contributed by atoms with Crippen molar-refractivity contribution in [2.24, 2.45) is 0 Å². The van der Waals surface area contributed by atoms with Gasteiger partial charge in [-0.1, -0.05) is 20.8 Å². The van der Waals surface area contributed by atoms with E-state index in [1.807, 2.05) is 7.05 Å². The maximum absolute atomic E-state index is 4.64. The average molecular weight is 235 g/mol. The third-order valence-electron chi connectivity index (χ3n) is 2.42. The molecule has 0 aliphatic rings. The fourth-order valence-corrected chi connectivity index (χ4v) is 2.45. The van der Waals surface area contributed by atoms with E-state index in [1.165, 1.54) is 4.88 Å². The van der Waals surface area contributed by atoms with E-state index in [-0.39, 0.29) is 5.41 Å². The van der Waals surface area contributed by atoms with Crippen LogP contribution in [0, 0.1) is 6.92 Å². The third kappa shape index (κ3) is 1.89. The van der Waals surface area contributed by atoms with Gasteiger partial charge in [-0.05, 0) is 13.0 Å². The topological polar surface area (TPSA) is 37.8 Å². The highest BCUT2D eigenvalue weighted by Crippen LogP contribution is 2.31. The van der Waals surface area contributed by atoms with E-state index in [2.05, 4.69) is 49.0 Å². The summed E-state index contributed by atoms with van der Waals surface area (Å²) in [5.41, 5.74) is -0.0162. The first-order valence-corrected chi connectivity index (χ1v) is 6.20. The minimum Gasteiger partial charge on any atom is -0.372 e. The molecule has 86 valence electrons. The highest BCUT2D eigenvalue weighted by atomic mass is 32.1. The molecule has 16 heavy (non-hydrogen) atoms. The molecule has 0 radical (unpaired) electrons. The molecule has 1 N–H and O–H groups in total. The monoisotopic (exact) mass is 235 g/mol. The van der Waals surface area contributed by atoms with Crippen LogP contribution in [0.3, 0.4) is 0 Å². The van der Waals surface area contributed by atoms with Crippen LogP contribution in [0.1, 0.15) is 31.5 Å². The molecule has 0 unspecified atom stereocenters. The van der Waals surface area contributed by atoms with Gasteiger partial charge in [-0.3, -0.25) is 0 Å². The van der Waals surface area contributed by atoms with Crippen molar-refractivity contribution in [2.75, 3.05) is 12.4 Å². The van der Waals surface area contributed by atoms with Gasteiger partial charge in [0.2, 0.25) is 0 Å². The largest absolute Gasteiger partial charge is 0.372 e. The number of nitrogens with zero attached hydrogens (tertiary/aromatic N) is 2. The Balaban J connectivity index is 2.72. The minimum atomic E-state index is -0.0162. The molecule has 0 bridgehead atoms. The zero-order valence-corrected chi connectivity index (χ0v) is 11.2. The van der Waals surface area contributed by atoms with Crippen LogP contribution in [0.15, 0.2) is 6.07 Å². The molecule has 4 heteroatoms. The van der Waals surface area contributed by atoms with Gasteiger partial charge in [0.05, 0.1) is 5.39 Å². The summed E-state index contributed by atoms with van der Waals surface area (Å²) < 4.78 is 0. The average Bonchev–Trinajstić information content (AvgIpc) is 2.54. The molecular formula is C12H17N3S. The van der Waals surface area contributed by atoms with Crippen molar-refractivity contribution in [2.45, 2.75) is 33.1 Å². The Morgan fingerprint density at radius 3 is 2.50 bits per heavy atom. The van der Waals surface area contributed by atoms with E-state index in [0.717, 1.165) is 21.9 Å². The lowest BCUT2D eigenvalue weighted by atomic mass is 9.96. The molecule has 0 fully saturated rings. The first kappa shape index (κ1) is 11.3. The zero-order chi connectivity index (χ0) is 11.9. The van der Waals surface area contributed by atoms with E-state index in [1.54, 1.807) is 11.3 Å². The van der Waals surface area contributed by atoms with Gasteiger partial charge in [0, 0.05) is 17.3 Å². The van der Waals surface area contributed by atoms with E-state index in [0.29, 0.717) is 0 Å². The lowest BCUT2D eigenvalue weighted by Gasteiger charge is -2.17. The Morgan fingerprint density at radius 1 is 1.25 bits per heavy atom. The third-order valence-corrected chi connectivity index (χ3v) is 3.37. The predicted octanol–water partition coefficient (Wildman–Crippen LogP) is 3.34. The molecule has 0 saturated heterocycles. The van der Waals surface area contributed by atoms with Crippen LogP contribution in [0.4, 0.5) is 5.82 Å². The van der Waals surface area contributed by atoms with E-state index in [4.69, 9.17) is 0 Å². The minimum absolute atomic E-state index is 0.0162. The van der Waals surface area contributed by atoms with Gasteiger partial charge in [-0.25, -0.2) is 9.97 Å². The number of aromatic nitrogens is 2. The Hall–Kier alpha value is -1.16. The number of nitrogens with one attached hydrogen (secondary N) is 1. The normalized spacial score (nSPS) is 12.1. The van der Waals surface area contributed by atoms with Gasteiger partial charge < -0.3 is 5.32 Å². The molecule has 0 aliphatic carbocycles. The van der Waals surface area contributed by atoms with Crippen LogP contribution in [-0.2, 0) is 5.41 Å². The van der Waals surface area contributed by atoms with Gasteiger partial charge in [-0.2, -0.15) is 0 Å². The Bertz CT molecular complexity index is 523. The fraction of sp³-hybridized carbons (Fsp3) is 0.500. The van der Waals surface area contributed by atoms with Crippen LogP contribution < -0.4 is 5.32 Å². The molecule has 2 heterocycles. The number of hydrogen-bond donors (Lipinski definition) is 1. The number of anilines is 1. The molecule has 0 saturated carbocycles. The molecule has 0 aliphatic heterocycles. The van der Waals surface area contributed by atoms with Gasteiger partial charge in [-0.15, -0.1) is 11.3 Å². The van der Waals surface area contributed by atoms with Gasteiger partial charge >= 0.3 is 0 Å². The lowest BCUT2D eigenvalue weighted by Crippen LogP contribution is -2.16. The molecule has 2 aromatic rings. The van der Waals surface area contributed by atoms with Gasteiger partial charge in [0.15, 0.2) is 0 Å². The molecule has 0 spiro atoms. The SMILES string of the molecule is CNc1nc(C(C)(C)C)nc2sc(C)cc12. The molecule has 0 aromatic carbocycles. The summed E-state index contributed by atoms with van der Waals surface area (Å²) in [5.74, 6) is 1.82.